The second kappa shape index (κ2) is 12.1. The van der Waals surface area contributed by atoms with Crippen molar-refractivity contribution in [1.82, 2.24) is 4.90 Å². The highest BCUT2D eigenvalue weighted by Gasteiger charge is 2.28. The Morgan fingerprint density at radius 1 is 0.842 bits per heavy atom. The van der Waals surface area contributed by atoms with Gasteiger partial charge in [-0.15, -0.1) is 0 Å². The molecule has 1 aliphatic heterocycles. The third-order valence-corrected chi connectivity index (χ3v) is 8.00. The van der Waals surface area contributed by atoms with Gasteiger partial charge in [-0.3, -0.25) is 4.90 Å². The molecule has 200 valence electrons. The van der Waals surface area contributed by atoms with E-state index in [1.807, 2.05) is 42.5 Å². The van der Waals surface area contributed by atoms with E-state index in [-0.39, 0.29) is 0 Å². The zero-order valence-electron chi connectivity index (χ0n) is 22.8. The Morgan fingerprint density at radius 3 is 2.34 bits per heavy atom. The quantitative estimate of drug-likeness (QED) is 0.356. The molecule has 1 saturated heterocycles. The van der Waals surface area contributed by atoms with E-state index in [0.717, 1.165) is 70.0 Å². The van der Waals surface area contributed by atoms with Crippen LogP contribution in [0.1, 0.15) is 59.6 Å². The van der Waals surface area contributed by atoms with Crippen LogP contribution in [0.15, 0.2) is 60.7 Å². The molecule has 3 aromatic rings. The van der Waals surface area contributed by atoms with Crippen molar-refractivity contribution in [3.63, 3.8) is 0 Å². The normalized spacial score (nSPS) is 16.6. The zero-order valence-corrected chi connectivity index (χ0v) is 22.8. The van der Waals surface area contributed by atoms with Gasteiger partial charge in [0.05, 0.1) is 14.2 Å². The van der Waals surface area contributed by atoms with E-state index in [1.54, 1.807) is 14.2 Å². The molecule has 0 aromatic heterocycles. The third kappa shape index (κ3) is 5.59. The molecule has 1 unspecified atom stereocenters. The van der Waals surface area contributed by atoms with Crippen LogP contribution in [0.3, 0.4) is 0 Å². The fraction of sp³-hybridized carbons (Fsp3) is 0.394. The number of aliphatic hydroxyl groups is 1. The summed E-state index contributed by atoms with van der Waals surface area (Å²) in [4.78, 5) is 2.48. The van der Waals surface area contributed by atoms with Gasteiger partial charge in [0.1, 0.15) is 30.0 Å². The van der Waals surface area contributed by atoms with E-state index in [0.29, 0.717) is 6.61 Å². The third-order valence-electron chi connectivity index (χ3n) is 8.00. The lowest BCUT2D eigenvalue weighted by molar-refractivity contribution is 0.183. The van der Waals surface area contributed by atoms with Crippen molar-refractivity contribution >= 4 is 11.1 Å². The minimum Gasteiger partial charge on any atom is -0.497 e. The minimum absolute atomic E-state index is 0.682. The lowest BCUT2D eigenvalue weighted by Gasteiger charge is -2.29. The number of ether oxygens (including phenoxy) is 3. The summed E-state index contributed by atoms with van der Waals surface area (Å²) in [6.45, 7) is 6.07. The number of rotatable bonds is 9. The van der Waals surface area contributed by atoms with E-state index in [4.69, 9.17) is 14.2 Å². The molecule has 1 fully saturated rings. The Hall–Kier alpha value is -3.28. The van der Waals surface area contributed by atoms with Gasteiger partial charge in [-0.05, 0) is 115 Å². The number of aliphatic hydroxyl groups excluding tert-OH is 1. The molecule has 1 N–H and O–H groups in total. The highest BCUT2D eigenvalue weighted by Crippen LogP contribution is 2.46. The molecule has 1 heterocycles. The number of aryl methyl sites for hydroxylation is 1. The highest BCUT2D eigenvalue weighted by molar-refractivity contribution is 5.96. The summed E-state index contributed by atoms with van der Waals surface area (Å²) in [7, 11) is 3.40. The average Bonchev–Trinajstić information content (AvgIpc) is 2.97. The topological polar surface area (TPSA) is 51.2 Å². The fourth-order valence-corrected chi connectivity index (χ4v) is 5.87. The summed E-state index contributed by atoms with van der Waals surface area (Å²) in [5.41, 5.74) is 7.44. The second-order valence-corrected chi connectivity index (χ2v) is 10.3. The van der Waals surface area contributed by atoms with Crippen LogP contribution >= 0.6 is 0 Å². The Labute approximate surface area is 226 Å². The van der Waals surface area contributed by atoms with Gasteiger partial charge < -0.3 is 19.3 Å². The van der Waals surface area contributed by atoms with Crippen LogP contribution in [0.2, 0.25) is 0 Å². The Morgan fingerprint density at radius 2 is 1.61 bits per heavy atom. The van der Waals surface area contributed by atoms with Gasteiger partial charge in [0, 0.05) is 6.54 Å². The average molecular weight is 514 g/mol. The summed E-state index contributed by atoms with van der Waals surface area (Å²) < 4.78 is 17.2. The van der Waals surface area contributed by atoms with E-state index < -0.39 is 6.10 Å². The summed E-state index contributed by atoms with van der Waals surface area (Å²) >= 11 is 0. The summed E-state index contributed by atoms with van der Waals surface area (Å²) in [6, 6.07) is 20.2. The monoisotopic (exact) mass is 513 g/mol. The zero-order chi connectivity index (χ0) is 26.5. The van der Waals surface area contributed by atoms with Crippen molar-refractivity contribution < 1.29 is 19.3 Å². The molecule has 3 aromatic carbocycles. The van der Waals surface area contributed by atoms with Crippen molar-refractivity contribution in [3.05, 3.63) is 88.5 Å². The van der Waals surface area contributed by atoms with Crippen molar-refractivity contribution in [2.24, 2.45) is 0 Å². The predicted octanol–water partition coefficient (Wildman–Crippen LogP) is 6.47. The Kier molecular flexibility index (Phi) is 8.35. The van der Waals surface area contributed by atoms with E-state index in [1.165, 1.54) is 37.9 Å². The van der Waals surface area contributed by atoms with Gasteiger partial charge in [0.2, 0.25) is 0 Å². The summed E-state index contributed by atoms with van der Waals surface area (Å²) in [6.07, 6.45) is 4.86. The molecule has 5 rings (SSSR count). The number of fused-ring (bicyclic) bond motifs is 1. The number of piperidine rings is 1. The van der Waals surface area contributed by atoms with Crippen molar-refractivity contribution in [3.8, 4) is 17.2 Å². The Bertz CT molecular complexity index is 1270. The molecular formula is C33H39NO4. The first kappa shape index (κ1) is 26.3. The molecule has 0 radical (unpaired) electrons. The number of methoxy groups -OCH3 is 2. The molecule has 38 heavy (non-hydrogen) atoms. The lowest BCUT2D eigenvalue weighted by Crippen LogP contribution is -2.33. The molecule has 0 amide bonds. The molecule has 5 heteroatoms. The first-order valence-electron chi connectivity index (χ1n) is 13.8. The molecule has 1 atom stereocenters. The number of hydrogen-bond acceptors (Lipinski definition) is 5. The van der Waals surface area contributed by atoms with Gasteiger partial charge >= 0.3 is 0 Å². The maximum absolute atomic E-state index is 11.8. The van der Waals surface area contributed by atoms with Crippen LogP contribution in [0.4, 0.5) is 0 Å². The van der Waals surface area contributed by atoms with Crippen molar-refractivity contribution in [2.75, 3.05) is 40.5 Å². The molecule has 2 aliphatic rings. The number of nitrogens with zero attached hydrogens (tertiary/aromatic N) is 1. The van der Waals surface area contributed by atoms with Crippen molar-refractivity contribution in [2.45, 2.75) is 45.1 Å². The van der Waals surface area contributed by atoms with Crippen LogP contribution < -0.4 is 14.2 Å². The first-order chi connectivity index (χ1) is 18.6. The van der Waals surface area contributed by atoms with Gasteiger partial charge in [0.15, 0.2) is 0 Å². The fourth-order valence-electron chi connectivity index (χ4n) is 5.87. The highest BCUT2D eigenvalue weighted by atomic mass is 16.5. The number of allylic oxidation sites excluding steroid dienone is 1. The van der Waals surface area contributed by atoms with Crippen molar-refractivity contribution in [1.29, 1.82) is 0 Å². The lowest BCUT2D eigenvalue weighted by atomic mass is 9.78. The van der Waals surface area contributed by atoms with E-state index in [2.05, 4.69) is 30.0 Å². The van der Waals surface area contributed by atoms with Crippen LogP contribution in [-0.4, -0.2) is 50.5 Å². The molecular weight excluding hydrogens is 474 g/mol. The van der Waals surface area contributed by atoms with Crippen LogP contribution in [-0.2, 0) is 6.42 Å². The maximum Gasteiger partial charge on any atom is 0.122 e. The first-order valence-corrected chi connectivity index (χ1v) is 13.8. The molecule has 0 spiro atoms. The SMILES string of the molecule is COc1ccc2c(c1)CCC(c1cccc(OC)c1C)=C2C(O)c1ccc(OCCN2CCCCC2)cc1. The van der Waals surface area contributed by atoms with Gasteiger partial charge in [-0.2, -0.15) is 0 Å². The Balaban J connectivity index is 1.44. The number of hydrogen-bond donors (Lipinski definition) is 1. The standard InChI is InChI=1S/C33H39NO4/c1-23-28(8-7-9-31(23)37-3)30-16-12-25-22-27(36-2)15-17-29(25)32(30)33(35)24-10-13-26(14-11-24)38-21-20-34-18-5-4-6-19-34/h7-11,13-15,17,22,33,35H,4-6,12,16,18-21H2,1-3H3. The van der Waals surface area contributed by atoms with Gasteiger partial charge in [0.25, 0.3) is 0 Å². The van der Waals surface area contributed by atoms with Crippen LogP contribution in [0.25, 0.3) is 11.1 Å². The largest absolute Gasteiger partial charge is 0.497 e. The molecule has 5 nitrogen and oxygen atoms in total. The van der Waals surface area contributed by atoms with Crippen LogP contribution in [0.5, 0.6) is 17.2 Å². The summed E-state index contributed by atoms with van der Waals surface area (Å²) in [5.74, 6) is 2.53. The number of benzene rings is 3. The smallest absolute Gasteiger partial charge is 0.122 e. The molecule has 1 aliphatic carbocycles. The van der Waals surface area contributed by atoms with E-state index >= 15 is 0 Å². The van der Waals surface area contributed by atoms with Gasteiger partial charge in [-0.25, -0.2) is 0 Å². The number of likely N-dealkylation sites (tertiary alicyclic amines) is 1. The molecule has 0 bridgehead atoms. The van der Waals surface area contributed by atoms with Crippen LogP contribution in [0, 0.1) is 6.92 Å². The van der Waals surface area contributed by atoms with Gasteiger partial charge in [-0.1, -0.05) is 36.8 Å². The molecule has 0 saturated carbocycles. The second-order valence-electron chi connectivity index (χ2n) is 10.3. The summed E-state index contributed by atoms with van der Waals surface area (Å²) in [5, 5.41) is 11.8. The predicted molar refractivity (Wildman–Crippen MR) is 153 cm³/mol. The maximum atomic E-state index is 11.8. The van der Waals surface area contributed by atoms with E-state index in [9.17, 15) is 5.11 Å². The minimum atomic E-state index is -0.773.